The first-order valence-corrected chi connectivity index (χ1v) is 12.1. The molecule has 0 atom stereocenters. The van der Waals surface area contributed by atoms with Crippen molar-refractivity contribution in [3.8, 4) is 5.75 Å². The Morgan fingerprint density at radius 3 is 2.32 bits per heavy atom. The molecule has 0 fully saturated rings. The number of benzene rings is 1. The molecule has 0 heterocycles. The number of unbranched alkanes of at least 4 members (excludes halogenated alkanes) is 9. The standard InChI is InChI=1S/C25H44N2O4/c1-3-4-5-6-7-8-9-10-11-12-17-27(18-16-26-25(29)31-20-19-28)22-23-14-13-15-24(21-23)30-2/h13-15,21,28H,3-12,16-20,22H2,1-2H3,(H,26,29). The van der Waals surface area contributed by atoms with E-state index in [2.05, 4.69) is 29.3 Å². The number of alkyl carbamates (subject to hydrolysis) is 1. The van der Waals surface area contributed by atoms with Crippen LogP contribution in [-0.2, 0) is 11.3 Å². The number of carbonyl (C=O) groups excluding carboxylic acids is 1. The summed E-state index contributed by atoms with van der Waals surface area (Å²) in [5.41, 5.74) is 1.20. The summed E-state index contributed by atoms with van der Waals surface area (Å²) in [4.78, 5) is 14.0. The van der Waals surface area contributed by atoms with Crippen molar-refractivity contribution in [2.45, 2.75) is 77.7 Å². The van der Waals surface area contributed by atoms with Gasteiger partial charge in [0, 0.05) is 19.6 Å². The summed E-state index contributed by atoms with van der Waals surface area (Å²) >= 11 is 0. The molecule has 2 N–H and O–H groups in total. The average Bonchev–Trinajstić information content (AvgIpc) is 2.78. The lowest BCUT2D eigenvalue weighted by molar-refractivity contribution is 0.118. The maximum atomic E-state index is 11.6. The van der Waals surface area contributed by atoms with Crippen molar-refractivity contribution in [3.63, 3.8) is 0 Å². The molecule has 0 unspecified atom stereocenters. The third-order valence-corrected chi connectivity index (χ3v) is 5.39. The van der Waals surface area contributed by atoms with Gasteiger partial charge in [0.25, 0.3) is 0 Å². The number of rotatable bonds is 19. The summed E-state index contributed by atoms with van der Waals surface area (Å²) in [5, 5.41) is 11.5. The van der Waals surface area contributed by atoms with Gasteiger partial charge >= 0.3 is 6.09 Å². The van der Waals surface area contributed by atoms with Gasteiger partial charge in [-0.3, -0.25) is 4.90 Å². The smallest absolute Gasteiger partial charge is 0.407 e. The highest BCUT2D eigenvalue weighted by molar-refractivity contribution is 5.67. The summed E-state index contributed by atoms with van der Waals surface area (Å²) in [5.74, 6) is 0.863. The van der Waals surface area contributed by atoms with Crippen molar-refractivity contribution >= 4 is 6.09 Å². The van der Waals surface area contributed by atoms with E-state index < -0.39 is 6.09 Å². The largest absolute Gasteiger partial charge is 0.497 e. The van der Waals surface area contributed by atoms with E-state index in [0.29, 0.717) is 6.54 Å². The van der Waals surface area contributed by atoms with E-state index in [-0.39, 0.29) is 13.2 Å². The minimum absolute atomic E-state index is 0.0258. The zero-order valence-corrected chi connectivity index (χ0v) is 19.7. The van der Waals surface area contributed by atoms with Crippen LogP contribution in [0.15, 0.2) is 24.3 Å². The minimum Gasteiger partial charge on any atom is -0.497 e. The molecular formula is C25H44N2O4. The van der Waals surface area contributed by atoms with Crippen molar-refractivity contribution in [2.75, 3.05) is 40.0 Å². The predicted octanol–water partition coefficient (Wildman–Crippen LogP) is 5.14. The molecule has 1 amide bonds. The fourth-order valence-corrected chi connectivity index (χ4v) is 3.63. The number of aliphatic hydroxyl groups is 1. The fraction of sp³-hybridized carbons (Fsp3) is 0.720. The topological polar surface area (TPSA) is 71.0 Å². The zero-order chi connectivity index (χ0) is 22.6. The van der Waals surface area contributed by atoms with Crippen LogP contribution in [0.4, 0.5) is 4.79 Å². The van der Waals surface area contributed by atoms with Crippen LogP contribution >= 0.6 is 0 Å². The number of ether oxygens (including phenoxy) is 2. The Kier molecular flexibility index (Phi) is 16.6. The number of amides is 1. The fourth-order valence-electron chi connectivity index (χ4n) is 3.63. The molecule has 0 spiro atoms. The summed E-state index contributed by atoms with van der Waals surface area (Å²) in [6.07, 6.45) is 12.7. The van der Waals surface area contributed by atoms with E-state index in [0.717, 1.165) is 31.8 Å². The Hall–Kier alpha value is -1.79. The zero-order valence-electron chi connectivity index (χ0n) is 19.7. The summed E-state index contributed by atoms with van der Waals surface area (Å²) in [6.45, 7) is 5.22. The molecule has 31 heavy (non-hydrogen) atoms. The van der Waals surface area contributed by atoms with Gasteiger partial charge < -0.3 is 19.9 Å². The van der Waals surface area contributed by atoms with E-state index in [9.17, 15) is 4.79 Å². The van der Waals surface area contributed by atoms with Gasteiger partial charge in [-0.15, -0.1) is 0 Å². The Bertz CT molecular complexity index is 568. The van der Waals surface area contributed by atoms with E-state index in [1.807, 2.05) is 12.1 Å². The highest BCUT2D eigenvalue weighted by Crippen LogP contribution is 2.15. The molecule has 178 valence electrons. The van der Waals surface area contributed by atoms with Gasteiger partial charge in [-0.2, -0.15) is 0 Å². The third kappa shape index (κ3) is 14.8. The minimum atomic E-state index is -0.477. The van der Waals surface area contributed by atoms with Gasteiger partial charge in [0.15, 0.2) is 0 Å². The molecule has 6 heteroatoms. The lowest BCUT2D eigenvalue weighted by Gasteiger charge is -2.23. The van der Waals surface area contributed by atoms with Gasteiger partial charge in [-0.05, 0) is 30.7 Å². The Morgan fingerprint density at radius 1 is 1.00 bits per heavy atom. The average molecular weight is 437 g/mol. The van der Waals surface area contributed by atoms with Gasteiger partial charge in [0.2, 0.25) is 0 Å². The highest BCUT2D eigenvalue weighted by atomic mass is 16.6. The number of methoxy groups -OCH3 is 1. The van der Waals surface area contributed by atoms with Crippen LogP contribution in [-0.4, -0.2) is 56.1 Å². The summed E-state index contributed by atoms with van der Waals surface area (Å²) in [7, 11) is 1.68. The van der Waals surface area contributed by atoms with Crippen LogP contribution in [0.3, 0.4) is 0 Å². The molecule has 1 aromatic rings. The van der Waals surface area contributed by atoms with Crippen LogP contribution in [0.5, 0.6) is 5.75 Å². The first-order chi connectivity index (χ1) is 15.2. The lowest BCUT2D eigenvalue weighted by Crippen LogP contribution is -2.35. The highest BCUT2D eigenvalue weighted by Gasteiger charge is 2.09. The maximum absolute atomic E-state index is 11.6. The lowest BCUT2D eigenvalue weighted by atomic mass is 10.1. The van der Waals surface area contributed by atoms with Crippen LogP contribution in [0.1, 0.15) is 76.7 Å². The summed E-state index contributed by atoms with van der Waals surface area (Å²) < 4.78 is 10.2. The van der Waals surface area contributed by atoms with E-state index in [1.165, 1.54) is 63.4 Å². The molecule has 0 aliphatic rings. The Balaban J connectivity index is 2.33. The number of carbonyl (C=O) groups is 1. The van der Waals surface area contributed by atoms with Gasteiger partial charge in [-0.1, -0.05) is 76.8 Å². The molecule has 0 aromatic heterocycles. The second-order valence-electron chi connectivity index (χ2n) is 8.10. The number of aliphatic hydroxyl groups excluding tert-OH is 1. The molecule has 1 rings (SSSR count). The van der Waals surface area contributed by atoms with Crippen LogP contribution in [0.2, 0.25) is 0 Å². The van der Waals surface area contributed by atoms with E-state index in [4.69, 9.17) is 14.6 Å². The molecule has 6 nitrogen and oxygen atoms in total. The molecule has 0 radical (unpaired) electrons. The van der Waals surface area contributed by atoms with Crippen molar-refractivity contribution in [1.29, 1.82) is 0 Å². The van der Waals surface area contributed by atoms with E-state index >= 15 is 0 Å². The van der Waals surface area contributed by atoms with Crippen LogP contribution in [0.25, 0.3) is 0 Å². The first kappa shape index (κ1) is 27.2. The molecule has 0 saturated carbocycles. The number of hydrogen-bond donors (Lipinski definition) is 2. The SMILES string of the molecule is CCCCCCCCCCCCN(CCNC(=O)OCCO)Cc1cccc(OC)c1. The van der Waals surface area contributed by atoms with Gasteiger partial charge in [-0.25, -0.2) is 4.79 Å². The van der Waals surface area contributed by atoms with Crippen LogP contribution < -0.4 is 10.1 Å². The maximum Gasteiger partial charge on any atom is 0.407 e. The number of hydrogen-bond acceptors (Lipinski definition) is 5. The second-order valence-corrected chi connectivity index (χ2v) is 8.10. The molecule has 0 aliphatic carbocycles. The van der Waals surface area contributed by atoms with E-state index in [1.54, 1.807) is 7.11 Å². The molecule has 0 aliphatic heterocycles. The molecular weight excluding hydrogens is 392 g/mol. The van der Waals surface area contributed by atoms with Gasteiger partial charge in [0.1, 0.15) is 12.4 Å². The summed E-state index contributed by atoms with van der Waals surface area (Å²) in [6, 6.07) is 8.14. The van der Waals surface area contributed by atoms with Gasteiger partial charge in [0.05, 0.1) is 13.7 Å². The monoisotopic (exact) mass is 436 g/mol. The predicted molar refractivity (Wildman–Crippen MR) is 127 cm³/mol. The van der Waals surface area contributed by atoms with Crippen molar-refractivity contribution in [2.24, 2.45) is 0 Å². The van der Waals surface area contributed by atoms with Crippen molar-refractivity contribution in [1.82, 2.24) is 10.2 Å². The van der Waals surface area contributed by atoms with Crippen molar-refractivity contribution < 1.29 is 19.4 Å². The molecule has 0 bridgehead atoms. The molecule has 0 saturated heterocycles. The quantitative estimate of drug-likeness (QED) is 0.294. The molecule has 1 aromatic carbocycles. The number of nitrogens with zero attached hydrogens (tertiary/aromatic N) is 1. The third-order valence-electron chi connectivity index (χ3n) is 5.39. The first-order valence-electron chi connectivity index (χ1n) is 12.1. The normalized spacial score (nSPS) is 11.0. The second kappa shape index (κ2) is 18.9. The van der Waals surface area contributed by atoms with Crippen LogP contribution in [0, 0.1) is 0 Å². The number of nitrogens with one attached hydrogen (secondary N) is 1. The Labute approximate surface area is 189 Å². The Morgan fingerprint density at radius 2 is 1.68 bits per heavy atom. The van der Waals surface area contributed by atoms with Crippen molar-refractivity contribution in [3.05, 3.63) is 29.8 Å².